The lowest BCUT2D eigenvalue weighted by atomic mass is 10.1. The van der Waals surface area contributed by atoms with Crippen molar-refractivity contribution in [1.82, 2.24) is 4.90 Å². The van der Waals surface area contributed by atoms with E-state index in [0.717, 1.165) is 36.8 Å². The Bertz CT molecular complexity index is 467. The van der Waals surface area contributed by atoms with Gasteiger partial charge in [-0.1, -0.05) is 26.0 Å². The first kappa shape index (κ1) is 17.2. The van der Waals surface area contributed by atoms with Gasteiger partial charge in [-0.3, -0.25) is 0 Å². The van der Waals surface area contributed by atoms with Gasteiger partial charge in [-0.05, 0) is 43.7 Å². The lowest BCUT2D eigenvalue weighted by molar-refractivity contribution is -0.131. The second-order valence-corrected chi connectivity index (χ2v) is 5.04. The molecule has 0 fully saturated rings. The van der Waals surface area contributed by atoms with Crippen LogP contribution in [0.1, 0.15) is 32.3 Å². The van der Waals surface area contributed by atoms with Gasteiger partial charge in [0, 0.05) is 18.7 Å². The van der Waals surface area contributed by atoms with E-state index >= 15 is 0 Å². The summed E-state index contributed by atoms with van der Waals surface area (Å²) in [4.78, 5) is 12.8. The molecule has 0 heterocycles. The lowest BCUT2D eigenvalue weighted by Crippen LogP contribution is -2.33. The van der Waals surface area contributed by atoms with Crippen molar-refractivity contribution < 1.29 is 14.6 Å². The van der Waals surface area contributed by atoms with Crippen LogP contribution in [0.4, 0.5) is 0 Å². The van der Waals surface area contributed by atoms with Gasteiger partial charge in [-0.2, -0.15) is 0 Å². The van der Waals surface area contributed by atoms with Crippen molar-refractivity contribution in [3.63, 3.8) is 0 Å². The normalized spacial score (nSPS) is 11.5. The maximum absolute atomic E-state index is 10.5. The molecule has 0 radical (unpaired) electrons. The molecule has 1 rings (SSSR count). The van der Waals surface area contributed by atoms with Gasteiger partial charge in [-0.15, -0.1) is 0 Å². The number of ether oxygens (including phenoxy) is 1. The summed E-state index contributed by atoms with van der Waals surface area (Å²) >= 11 is 0. The second-order valence-electron chi connectivity index (χ2n) is 5.04. The maximum atomic E-state index is 10.5. The van der Waals surface area contributed by atoms with Gasteiger partial charge in [0.05, 0.1) is 0 Å². The molecule has 0 saturated carbocycles. The molecular formula is C17H25NO3. The van der Waals surface area contributed by atoms with E-state index in [4.69, 9.17) is 9.84 Å². The molecule has 0 saturated heterocycles. The third kappa shape index (κ3) is 6.45. The summed E-state index contributed by atoms with van der Waals surface area (Å²) in [5.41, 5.74) is 0.822. The molecule has 0 bridgehead atoms. The molecule has 0 aromatic heterocycles. The fourth-order valence-electron chi connectivity index (χ4n) is 2.28. The number of nitrogens with zero attached hydrogens (tertiary/aromatic N) is 1. The molecule has 0 atom stereocenters. The lowest BCUT2D eigenvalue weighted by Gasteiger charge is -2.25. The summed E-state index contributed by atoms with van der Waals surface area (Å²) in [6.45, 7) is 5.90. The summed E-state index contributed by atoms with van der Waals surface area (Å²) in [7, 11) is 2.12. The van der Waals surface area contributed by atoms with E-state index in [1.54, 1.807) is 6.08 Å². The largest absolute Gasteiger partial charge is 0.492 e. The van der Waals surface area contributed by atoms with Crippen LogP contribution in [0.5, 0.6) is 5.75 Å². The van der Waals surface area contributed by atoms with Crippen LogP contribution >= 0.6 is 0 Å². The molecule has 0 aliphatic carbocycles. The van der Waals surface area contributed by atoms with Gasteiger partial charge >= 0.3 is 5.97 Å². The fourth-order valence-corrected chi connectivity index (χ4v) is 2.28. The number of carboxylic acids is 1. The predicted molar refractivity (Wildman–Crippen MR) is 85.6 cm³/mol. The molecule has 1 aromatic rings. The molecule has 1 aromatic carbocycles. The third-order valence-electron chi connectivity index (χ3n) is 3.56. The van der Waals surface area contributed by atoms with Crippen molar-refractivity contribution in [3.8, 4) is 5.75 Å². The van der Waals surface area contributed by atoms with Crippen molar-refractivity contribution in [1.29, 1.82) is 0 Å². The fraction of sp³-hybridized carbons (Fsp3) is 0.471. The van der Waals surface area contributed by atoms with Crippen LogP contribution in [0.2, 0.25) is 0 Å². The smallest absolute Gasteiger partial charge is 0.328 e. The van der Waals surface area contributed by atoms with Crippen LogP contribution in [-0.4, -0.2) is 42.2 Å². The topological polar surface area (TPSA) is 49.8 Å². The Morgan fingerprint density at radius 3 is 2.71 bits per heavy atom. The molecule has 0 spiro atoms. The molecule has 0 amide bonds. The minimum atomic E-state index is -0.951. The summed E-state index contributed by atoms with van der Waals surface area (Å²) in [6, 6.07) is 8.04. The molecule has 4 nitrogen and oxygen atoms in total. The van der Waals surface area contributed by atoms with Gasteiger partial charge < -0.3 is 14.7 Å². The van der Waals surface area contributed by atoms with E-state index in [2.05, 4.69) is 25.8 Å². The zero-order valence-corrected chi connectivity index (χ0v) is 13.1. The van der Waals surface area contributed by atoms with E-state index < -0.39 is 5.97 Å². The van der Waals surface area contributed by atoms with Crippen LogP contribution in [0.3, 0.4) is 0 Å². The minimum absolute atomic E-state index is 0.596. The van der Waals surface area contributed by atoms with Gasteiger partial charge in [-0.25, -0.2) is 4.79 Å². The number of benzene rings is 1. The number of carbonyl (C=O) groups is 1. The first-order valence-electron chi connectivity index (χ1n) is 7.40. The average Bonchev–Trinajstić information content (AvgIpc) is 2.47. The summed E-state index contributed by atoms with van der Waals surface area (Å²) in [6.07, 6.45) is 4.97. The standard InChI is InChI=1S/C17H25NO3/c1-4-15(5-2)18(3)11-12-21-16-8-6-7-14(13-16)9-10-17(19)20/h6-10,13,15H,4-5,11-12H2,1-3H3,(H,19,20). The van der Waals surface area contributed by atoms with Crippen LogP contribution in [-0.2, 0) is 4.79 Å². The molecule has 0 aliphatic rings. The van der Waals surface area contributed by atoms with Gasteiger partial charge in [0.15, 0.2) is 0 Å². The number of hydrogen-bond acceptors (Lipinski definition) is 3. The van der Waals surface area contributed by atoms with E-state index in [9.17, 15) is 4.79 Å². The Morgan fingerprint density at radius 2 is 2.10 bits per heavy atom. The molecule has 116 valence electrons. The highest BCUT2D eigenvalue weighted by Gasteiger charge is 2.09. The summed E-state index contributed by atoms with van der Waals surface area (Å²) in [5, 5.41) is 8.62. The predicted octanol–water partition coefficient (Wildman–Crippen LogP) is 3.28. The Kier molecular flexibility index (Phi) is 7.54. The molecule has 0 unspecified atom stereocenters. The van der Waals surface area contributed by atoms with Gasteiger partial charge in [0.2, 0.25) is 0 Å². The first-order chi connectivity index (χ1) is 10.1. The van der Waals surface area contributed by atoms with Crippen LogP contribution in [0.25, 0.3) is 6.08 Å². The SMILES string of the molecule is CCC(CC)N(C)CCOc1cccc(C=CC(=O)O)c1. The highest BCUT2D eigenvalue weighted by molar-refractivity contribution is 5.85. The van der Waals surface area contributed by atoms with Crippen molar-refractivity contribution in [3.05, 3.63) is 35.9 Å². The third-order valence-corrected chi connectivity index (χ3v) is 3.56. The zero-order valence-electron chi connectivity index (χ0n) is 13.1. The Balaban J connectivity index is 2.49. The van der Waals surface area contributed by atoms with Crippen molar-refractivity contribution in [2.24, 2.45) is 0 Å². The summed E-state index contributed by atoms with van der Waals surface area (Å²) in [5.74, 6) is -0.186. The number of rotatable bonds is 9. The molecule has 21 heavy (non-hydrogen) atoms. The van der Waals surface area contributed by atoms with Crippen molar-refractivity contribution in [2.45, 2.75) is 32.7 Å². The molecule has 4 heteroatoms. The first-order valence-corrected chi connectivity index (χ1v) is 7.40. The second kappa shape index (κ2) is 9.19. The molecule has 1 N–H and O–H groups in total. The number of aliphatic carboxylic acids is 1. The zero-order chi connectivity index (χ0) is 15.7. The van der Waals surface area contributed by atoms with E-state index in [0.29, 0.717) is 12.6 Å². The Hall–Kier alpha value is -1.81. The monoisotopic (exact) mass is 291 g/mol. The Morgan fingerprint density at radius 1 is 1.38 bits per heavy atom. The van der Waals surface area contributed by atoms with Gasteiger partial charge in [0.25, 0.3) is 0 Å². The van der Waals surface area contributed by atoms with E-state index in [1.807, 2.05) is 24.3 Å². The molecular weight excluding hydrogens is 266 g/mol. The van der Waals surface area contributed by atoms with Crippen LogP contribution in [0, 0.1) is 0 Å². The van der Waals surface area contributed by atoms with Crippen molar-refractivity contribution >= 4 is 12.0 Å². The number of likely N-dealkylation sites (N-methyl/N-ethyl adjacent to an activating group) is 1. The van der Waals surface area contributed by atoms with Crippen LogP contribution < -0.4 is 4.74 Å². The molecule has 0 aliphatic heterocycles. The number of hydrogen-bond donors (Lipinski definition) is 1. The highest BCUT2D eigenvalue weighted by Crippen LogP contribution is 2.15. The number of carboxylic acid groups (broad SMARTS) is 1. The Labute approximate surface area is 127 Å². The van der Waals surface area contributed by atoms with Crippen molar-refractivity contribution in [2.75, 3.05) is 20.2 Å². The summed E-state index contributed by atoms with van der Waals surface area (Å²) < 4.78 is 5.74. The minimum Gasteiger partial charge on any atom is -0.492 e. The van der Waals surface area contributed by atoms with E-state index in [1.165, 1.54) is 0 Å². The quantitative estimate of drug-likeness (QED) is 0.709. The average molecular weight is 291 g/mol. The van der Waals surface area contributed by atoms with Gasteiger partial charge in [0.1, 0.15) is 12.4 Å². The van der Waals surface area contributed by atoms with E-state index in [-0.39, 0.29) is 0 Å². The highest BCUT2D eigenvalue weighted by atomic mass is 16.5. The van der Waals surface area contributed by atoms with Crippen LogP contribution in [0.15, 0.2) is 30.3 Å². The maximum Gasteiger partial charge on any atom is 0.328 e.